The smallest absolute Gasteiger partial charge is 0.329 e. The highest BCUT2D eigenvalue weighted by Crippen LogP contribution is 2.24. The third-order valence-corrected chi connectivity index (χ3v) is 7.12. The van der Waals surface area contributed by atoms with Crippen molar-refractivity contribution in [2.45, 2.75) is 45.1 Å². The van der Waals surface area contributed by atoms with Gasteiger partial charge in [0.15, 0.2) is 0 Å². The molecule has 0 aliphatic carbocycles. The van der Waals surface area contributed by atoms with Crippen molar-refractivity contribution < 1.29 is 19.2 Å². The Morgan fingerprint density at radius 2 is 1.74 bits per heavy atom. The number of aromatic nitrogens is 2. The number of nitrogens with one attached hydrogen (secondary N) is 1. The number of piperidine rings is 1. The zero-order chi connectivity index (χ0) is 28.1. The molecule has 3 rings (SSSR count). The van der Waals surface area contributed by atoms with Gasteiger partial charge in [-0.3, -0.25) is 33.6 Å². The van der Waals surface area contributed by atoms with Crippen molar-refractivity contribution in [3.8, 4) is 0 Å². The van der Waals surface area contributed by atoms with Gasteiger partial charge >= 0.3 is 5.69 Å². The summed E-state index contributed by atoms with van der Waals surface area (Å²) in [6.07, 6.45) is 2.35. The third kappa shape index (κ3) is 6.32. The zero-order valence-electron chi connectivity index (χ0n) is 23.0. The lowest BCUT2D eigenvalue weighted by atomic mass is 10.1. The van der Waals surface area contributed by atoms with Crippen molar-refractivity contribution >= 4 is 34.7 Å². The molecule has 1 aliphatic rings. The molecule has 1 saturated heterocycles. The van der Waals surface area contributed by atoms with Gasteiger partial charge in [-0.15, -0.1) is 0 Å². The Morgan fingerprint density at radius 1 is 1.03 bits per heavy atom. The number of likely N-dealkylation sites (N-methyl/N-ethyl adjacent to an activating group) is 3. The lowest BCUT2D eigenvalue weighted by molar-refractivity contribution is -0.136. The van der Waals surface area contributed by atoms with E-state index >= 15 is 0 Å². The molecule has 1 aromatic carbocycles. The summed E-state index contributed by atoms with van der Waals surface area (Å²) in [7, 11) is 6.94. The van der Waals surface area contributed by atoms with E-state index in [1.807, 2.05) is 18.2 Å². The number of amides is 4. The van der Waals surface area contributed by atoms with Crippen LogP contribution in [0, 0.1) is 0 Å². The number of carbonyl (C=O) groups excluding carboxylic acids is 4. The van der Waals surface area contributed by atoms with Gasteiger partial charge in [-0.2, -0.15) is 0 Å². The molecule has 1 aliphatic heterocycles. The van der Waals surface area contributed by atoms with E-state index < -0.39 is 11.9 Å². The summed E-state index contributed by atoms with van der Waals surface area (Å²) in [5.74, 6) is -0.799. The summed E-state index contributed by atoms with van der Waals surface area (Å²) < 4.78 is 2.99. The lowest BCUT2D eigenvalue weighted by Gasteiger charge is -2.27. The van der Waals surface area contributed by atoms with Crippen molar-refractivity contribution in [1.29, 1.82) is 0 Å². The van der Waals surface area contributed by atoms with Gasteiger partial charge in [-0.05, 0) is 37.0 Å². The molecule has 0 saturated carbocycles. The average Bonchev–Trinajstić information content (AvgIpc) is 3.12. The first-order valence-corrected chi connectivity index (χ1v) is 12.8. The van der Waals surface area contributed by atoms with Crippen LogP contribution >= 0.6 is 0 Å². The third-order valence-electron chi connectivity index (χ3n) is 7.12. The average molecular weight is 527 g/mol. The van der Waals surface area contributed by atoms with Crippen LogP contribution in [0.15, 0.2) is 35.3 Å². The Bertz CT molecular complexity index is 1310. The molecule has 1 N–H and O–H groups in total. The van der Waals surface area contributed by atoms with Crippen LogP contribution in [0.1, 0.15) is 44.2 Å². The fraction of sp³-hybridized carbons (Fsp3) is 0.519. The molecule has 1 aromatic heterocycles. The molecule has 1 fully saturated rings. The maximum atomic E-state index is 12.9. The second kappa shape index (κ2) is 12.1. The molecule has 1 atom stereocenters. The first-order chi connectivity index (χ1) is 17.9. The summed E-state index contributed by atoms with van der Waals surface area (Å²) in [5.41, 5.74) is 2.78. The van der Waals surface area contributed by atoms with Crippen molar-refractivity contribution in [2.75, 3.05) is 40.8 Å². The molecule has 0 bridgehead atoms. The molecule has 0 radical (unpaired) electrons. The summed E-state index contributed by atoms with van der Waals surface area (Å²) >= 11 is 0. The number of fused-ring (bicyclic) bond motifs is 1. The summed E-state index contributed by atoms with van der Waals surface area (Å²) in [5, 5.41) is 2.32. The highest BCUT2D eigenvalue weighted by atomic mass is 16.2. The molecule has 1 unspecified atom stereocenters. The molecule has 4 amide bonds. The lowest BCUT2D eigenvalue weighted by Crippen LogP contribution is -2.44. The largest absolute Gasteiger partial charge is 0.368 e. The molecular weight excluding hydrogens is 488 g/mol. The number of hydrogen-bond donors (Lipinski definition) is 1. The number of aryl methyl sites for hydroxylation is 2. The molecule has 0 spiro atoms. The van der Waals surface area contributed by atoms with E-state index in [-0.39, 0.29) is 36.4 Å². The fourth-order valence-electron chi connectivity index (χ4n) is 4.63. The van der Waals surface area contributed by atoms with Gasteiger partial charge in [0.2, 0.25) is 23.6 Å². The Balaban J connectivity index is 1.58. The van der Waals surface area contributed by atoms with Crippen LogP contribution in [0.2, 0.25) is 0 Å². The molecule has 206 valence electrons. The van der Waals surface area contributed by atoms with E-state index in [2.05, 4.69) is 11.9 Å². The number of rotatable bonds is 11. The molecule has 11 heteroatoms. The normalized spacial score (nSPS) is 15.3. The first kappa shape index (κ1) is 28.7. The number of imidazole rings is 1. The van der Waals surface area contributed by atoms with Gasteiger partial charge in [0.25, 0.3) is 0 Å². The minimum Gasteiger partial charge on any atom is -0.368 e. The maximum Gasteiger partial charge on any atom is 0.329 e. The predicted octanol–water partition coefficient (Wildman–Crippen LogP) is 1.02. The van der Waals surface area contributed by atoms with Gasteiger partial charge in [-0.1, -0.05) is 19.6 Å². The van der Waals surface area contributed by atoms with E-state index in [0.29, 0.717) is 49.1 Å². The van der Waals surface area contributed by atoms with Crippen LogP contribution < -0.4 is 11.0 Å². The van der Waals surface area contributed by atoms with Crippen LogP contribution in [0.3, 0.4) is 0 Å². The summed E-state index contributed by atoms with van der Waals surface area (Å²) in [6, 6.07) is 4.99. The number of imide groups is 1. The zero-order valence-corrected chi connectivity index (χ0v) is 23.0. The standard InChI is InChI=1S/C27H38N6O5/c1-7-24(35)31(5)16-18(2)30(4)17-25(36)29(3)14-8-9-19-10-11-20-22(15-19)32(6)27(38)33(20)21-12-13-23(34)28-26(21)37/h10-11,15,21H,2,7-9,12-14,16-17H2,1,3-6H3,(H,28,34,37). The van der Waals surface area contributed by atoms with Gasteiger partial charge in [0.05, 0.1) is 24.1 Å². The molecule has 11 nitrogen and oxygen atoms in total. The number of carbonyl (C=O) groups is 4. The van der Waals surface area contributed by atoms with E-state index in [9.17, 15) is 24.0 Å². The van der Waals surface area contributed by atoms with Gasteiger partial charge < -0.3 is 14.7 Å². The second-order valence-electron chi connectivity index (χ2n) is 9.95. The Morgan fingerprint density at radius 3 is 2.39 bits per heavy atom. The summed E-state index contributed by atoms with van der Waals surface area (Å²) in [4.78, 5) is 66.4. The summed E-state index contributed by atoms with van der Waals surface area (Å²) in [6.45, 7) is 6.91. The quantitative estimate of drug-likeness (QED) is 0.437. The van der Waals surface area contributed by atoms with Crippen molar-refractivity contribution in [1.82, 2.24) is 29.2 Å². The monoisotopic (exact) mass is 526 g/mol. The maximum absolute atomic E-state index is 12.9. The second-order valence-corrected chi connectivity index (χ2v) is 9.95. The molecule has 38 heavy (non-hydrogen) atoms. The van der Waals surface area contributed by atoms with Crippen molar-refractivity contribution in [3.05, 3.63) is 46.5 Å². The molecule has 2 heterocycles. The highest BCUT2D eigenvalue weighted by molar-refractivity contribution is 6.00. The van der Waals surface area contributed by atoms with Crippen molar-refractivity contribution in [2.24, 2.45) is 7.05 Å². The Hall–Kier alpha value is -3.89. The highest BCUT2D eigenvalue weighted by Gasteiger charge is 2.31. The number of nitrogens with zero attached hydrogens (tertiary/aromatic N) is 5. The van der Waals surface area contributed by atoms with E-state index in [1.165, 1.54) is 9.13 Å². The minimum atomic E-state index is -0.712. The van der Waals surface area contributed by atoms with Crippen LogP contribution in [0.25, 0.3) is 11.0 Å². The minimum absolute atomic E-state index is 0.0220. The van der Waals surface area contributed by atoms with Gasteiger partial charge in [-0.25, -0.2) is 4.79 Å². The van der Waals surface area contributed by atoms with Gasteiger partial charge in [0.1, 0.15) is 6.04 Å². The van der Waals surface area contributed by atoms with Crippen molar-refractivity contribution in [3.63, 3.8) is 0 Å². The topological polar surface area (TPSA) is 117 Å². The molecule has 2 aromatic rings. The number of benzene rings is 1. The van der Waals surface area contributed by atoms with E-state index in [4.69, 9.17) is 0 Å². The predicted molar refractivity (Wildman–Crippen MR) is 144 cm³/mol. The Labute approximate surface area is 222 Å². The number of hydrogen-bond acceptors (Lipinski definition) is 6. The SMILES string of the molecule is C=C(CN(C)C(=O)CC)N(C)CC(=O)N(C)CCCc1ccc2c(c1)n(C)c(=O)n2C1CCC(=O)NC1=O. The fourth-order valence-corrected chi connectivity index (χ4v) is 4.63. The first-order valence-electron chi connectivity index (χ1n) is 12.8. The molecular formula is C27H38N6O5. The van der Waals surface area contributed by atoms with E-state index in [1.54, 1.807) is 49.8 Å². The van der Waals surface area contributed by atoms with E-state index in [0.717, 1.165) is 12.0 Å². The van der Waals surface area contributed by atoms with Crippen LogP contribution in [-0.4, -0.2) is 88.2 Å². The van der Waals surface area contributed by atoms with Crippen LogP contribution in [0.5, 0.6) is 0 Å². The van der Waals surface area contributed by atoms with Crippen LogP contribution in [0.4, 0.5) is 0 Å². The van der Waals surface area contributed by atoms with Gasteiger partial charge in [0, 0.05) is 53.3 Å². The van der Waals surface area contributed by atoms with Crippen LogP contribution in [-0.2, 0) is 32.6 Å². The Kier molecular flexibility index (Phi) is 9.13.